The lowest BCUT2D eigenvalue weighted by Gasteiger charge is -2.17. The van der Waals surface area contributed by atoms with E-state index >= 15 is 0 Å². The minimum Gasteiger partial charge on any atom is -0.493 e. The van der Waals surface area contributed by atoms with Crippen molar-refractivity contribution in [1.82, 2.24) is 0 Å². The molecule has 1 atom stereocenters. The topological polar surface area (TPSA) is 63.6 Å². The van der Waals surface area contributed by atoms with Crippen LogP contribution in [0.25, 0.3) is 0 Å². The SMILES string of the molecule is O=S(=O)(O)C(F)(F)C(F)CCOc1ccc([S+](c2ccccc2)c2ccccc2)cc1. The van der Waals surface area contributed by atoms with Crippen LogP contribution >= 0.6 is 0 Å². The maximum absolute atomic E-state index is 13.6. The van der Waals surface area contributed by atoms with Crippen LogP contribution in [0.5, 0.6) is 5.75 Å². The van der Waals surface area contributed by atoms with E-state index in [1.165, 1.54) is 0 Å². The van der Waals surface area contributed by atoms with E-state index in [0.29, 0.717) is 5.75 Å². The molecule has 3 aromatic rings. The van der Waals surface area contributed by atoms with Crippen LogP contribution in [0.2, 0.25) is 0 Å². The molecule has 1 N–H and O–H groups in total. The minimum atomic E-state index is -5.83. The van der Waals surface area contributed by atoms with Gasteiger partial charge in [-0.1, -0.05) is 36.4 Å². The molecule has 0 aliphatic rings. The van der Waals surface area contributed by atoms with Gasteiger partial charge < -0.3 is 4.74 Å². The number of hydrogen-bond acceptors (Lipinski definition) is 3. The Labute approximate surface area is 181 Å². The molecule has 0 saturated carbocycles. The summed E-state index contributed by atoms with van der Waals surface area (Å²) in [5, 5.41) is -4.88. The Bertz CT molecular complexity index is 1040. The van der Waals surface area contributed by atoms with Gasteiger partial charge in [0.2, 0.25) is 0 Å². The van der Waals surface area contributed by atoms with Crippen molar-refractivity contribution in [2.75, 3.05) is 6.61 Å². The first-order chi connectivity index (χ1) is 14.7. The van der Waals surface area contributed by atoms with Crippen molar-refractivity contribution in [2.24, 2.45) is 0 Å². The fourth-order valence-corrected chi connectivity index (χ4v) is 5.33. The first-order valence-electron chi connectivity index (χ1n) is 9.26. The molecule has 0 radical (unpaired) electrons. The summed E-state index contributed by atoms with van der Waals surface area (Å²) in [6.07, 6.45) is -3.98. The van der Waals surface area contributed by atoms with Crippen molar-refractivity contribution in [2.45, 2.75) is 32.5 Å². The van der Waals surface area contributed by atoms with E-state index < -0.39 is 34.6 Å². The van der Waals surface area contributed by atoms with E-state index in [1.807, 2.05) is 72.8 Å². The normalized spacial score (nSPS) is 13.2. The van der Waals surface area contributed by atoms with Crippen LogP contribution in [-0.4, -0.2) is 31.0 Å². The first-order valence-corrected chi connectivity index (χ1v) is 11.9. The van der Waals surface area contributed by atoms with E-state index in [1.54, 1.807) is 12.1 Å². The summed E-state index contributed by atoms with van der Waals surface area (Å²) in [7, 11) is -6.19. The van der Waals surface area contributed by atoms with Gasteiger partial charge in [-0.25, -0.2) is 4.39 Å². The fourth-order valence-electron chi connectivity index (χ4n) is 2.80. The third-order valence-corrected chi connectivity index (χ3v) is 7.54. The van der Waals surface area contributed by atoms with Gasteiger partial charge in [-0.2, -0.15) is 17.2 Å². The van der Waals surface area contributed by atoms with Gasteiger partial charge >= 0.3 is 15.4 Å². The first kappa shape index (κ1) is 23.2. The van der Waals surface area contributed by atoms with Gasteiger partial charge in [-0.15, -0.1) is 0 Å². The van der Waals surface area contributed by atoms with Gasteiger partial charge in [-0.3, -0.25) is 4.55 Å². The third kappa shape index (κ3) is 5.61. The van der Waals surface area contributed by atoms with E-state index in [-0.39, 0.29) is 10.9 Å². The number of benzene rings is 3. The number of ether oxygens (including phenoxy) is 1. The Balaban J connectivity index is 1.71. The number of halogens is 3. The Morgan fingerprint density at radius 2 is 1.29 bits per heavy atom. The molecule has 0 heterocycles. The van der Waals surface area contributed by atoms with Crippen LogP contribution in [0, 0.1) is 0 Å². The lowest BCUT2D eigenvalue weighted by Crippen LogP contribution is -2.39. The predicted octanol–water partition coefficient (Wildman–Crippen LogP) is 5.37. The van der Waals surface area contributed by atoms with Gasteiger partial charge in [0.15, 0.2) is 20.9 Å². The van der Waals surface area contributed by atoms with Gasteiger partial charge in [-0.05, 0) is 48.5 Å². The summed E-state index contributed by atoms with van der Waals surface area (Å²) in [6.45, 7) is -0.477. The van der Waals surface area contributed by atoms with Crippen molar-refractivity contribution < 1.29 is 30.9 Å². The van der Waals surface area contributed by atoms with Crippen LogP contribution in [0.3, 0.4) is 0 Å². The molecule has 0 aromatic heterocycles. The summed E-state index contributed by atoms with van der Waals surface area (Å²) in [5.41, 5.74) is 0. The third-order valence-electron chi connectivity index (χ3n) is 4.37. The number of hydrogen-bond donors (Lipinski definition) is 1. The molecule has 3 aromatic carbocycles. The summed E-state index contributed by atoms with van der Waals surface area (Å²) in [4.78, 5) is 3.25. The molecule has 0 aliphatic carbocycles. The minimum absolute atomic E-state index is 0.329. The lowest BCUT2D eigenvalue weighted by atomic mass is 10.3. The van der Waals surface area contributed by atoms with Crippen molar-refractivity contribution in [3.8, 4) is 5.75 Å². The highest BCUT2D eigenvalue weighted by atomic mass is 32.2. The van der Waals surface area contributed by atoms with Crippen molar-refractivity contribution >= 4 is 21.0 Å². The zero-order chi connectivity index (χ0) is 22.5. The summed E-state index contributed by atoms with van der Waals surface area (Å²) >= 11 is 0. The average Bonchev–Trinajstić information content (AvgIpc) is 2.75. The molecule has 0 bridgehead atoms. The average molecular weight is 470 g/mol. The second kappa shape index (κ2) is 9.76. The second-order valence-electron chi connectivity index (χ2n) is 6.55. The Morgan fingerprint density at radius 1 is 0.839 bits per heavy atom. The highest BCUT2D eigenvalue weighted by Crippen LogP contribution is 2.32. The standard InChI is InChI=1S/C22H19F3O4S2/c23-21(22(24,25)31(26,27)28)15-16-29-17-11-13-20(14-12-17)30(18-7-3-1-4-8-18)19-9-5-2-6-10-19/h1-14,21H,15-16H2/p+1. The lowest BCUT2D eigenvalue weighted by molar-refractivity contribution is -0.0110. The van der Waals surface area contributed by atoms with Gasteiger partial charge in [0, 0.05) is 6.42 Å². The highest BCUT2D eigenvalue weighted by molar-refractivity contribution is 7.97. The monoisotopic (exact) mass is 469 g/mol. The molecule has 1 unspecified atom stereocenters. The predicted molar refractivity (Wildman–Crippen MR) is 113 cm³/mol. The van der Waals surface area contributed by atoms with Crippen molar-refractivity contribution in [1.29, 1.82) is 0 Å². The molecular formula is C22H20F3O4S2+. The summed E-state index contributed by atoms with van der Waals surface area (Å²) in [6, 6.07) is 26.9. The molecular weight excluding hydrogens is 449 g/mol. The van der Waals surface area contributed by atoms with Gasteiger partial charge in [0.1, 0.15) is 5.75 Å². The Hall–Kier alpha value is -2.49. The quantitative estimate of drug-likeness (QED) is 0.338. The Kier molecular flexibility index (Phi) is 7.30. The molecule has 0 aliphatic heterocycles. The molecule has 0 spiro atoms. The maximum Gasteiger partial charge on any atom is 0.400 e. The molecule has 0 fully saturated rings. The van der Waals surface area contributed by atoms with Crippen LogP contribution in [0.15, 0.2) is 99.6 Å². The molecule has 31 heavy (non-hydrogen) atoms. The van der Waals surface area contributed by atoms with Crippen molar-refractivity contribution in [3.63, 3.8) is 0 Å². The molecule has 0 amide bonds. The van der Waals surface area contributed by atoms with Gasteiger partial charge in [0.05, 0.1) is 17.5 Å². The second-order valence-corrected chi connectivity index (χ2v) is 10.1. The Morgan fingerprint density at radius 3 is 1.74 bits per heavy atom. The summed E-state index contributed by atoms with van der Waals surface area (Å²) < 4.78 is 75.0. The van der Waals surface area contributed by atoms with Crippen LogP contribution < -0.4 is 4.74 Å². The van der Waals surface area contributed by atoms with Crippen LogP contribution in [0.4, 0.5) is 13.2 Å². The molecule has 4 nitrogen and oxygen atoms in total. The number of rotatable bonds is 9. The highest BCUT2D eigenvalue weighted by Gasteiger charge is 2.52. The van der Waals surface area contributed by atoms with Crippen LogP contribution in [-0.2, 0) is 21.0 Å². The fraction of sp³-hybridized carbons (Fsp3) is 0.182. The molecule has 9 heteroatoms. The molecule has 0 saturated heterocycles. The van der Waals surface area contributed by atoms with Crippen LogP contribution in [0.1, 0.15) is 6.42 Å². The summed E-state index contributed by atoms with van der Waals surface area (Å²) in [5.74, 6) is 0.329. The maximum atomic E-state index is 13.6. The zero-order valence-electron chi connectivity index (χ0n) is 16.2. The number of alkyl halides is 3. The molecule has 3 rings (SSSR count). The van der Waals surface area contributed by atoms with E-state index in [2.05, 4.69) is 0 Å². The van der Waals surface area contributed by atoms with Gasteiger partial charge in [0.25, 0.3) is 0 Å². The van der Waals surface area contributed by atoms with E-state index in [4.69, 9.17) is 9.29 Å². The largest absolute Gasteiger partial charge is 0.493 e. The smallest absolute Gasteiger partial charge is 0.400 e. The van der Waals surface area contributed by atoms with Crippen molar-refractivity contribution in [3.05, 3.63) is 84.9 Å². The molecule has 164 valence electrons. The van der Waals surface area contributed by atoms with E-state index in [9.17, 15) is 21.6 Å². The zero-order valence-corrected chi connectivity index (χ0v) is 17.8. The van der Waals surface area contributed by atoms with E-state index in [0.717, 1.165) is 14.7 Å².